The van der Waals surface area contributed by atoms with Crippen molar-refractivity contribution in [1.29, 1.82) is 0 Å². The first-order valence-electron chi connectivity index (χ1n) is 0. The van der Waals surface area contributed by atoms with Crippen LogP contribution in [0.15, 0.2) is 0 Å². The Bertz CT molecular complexity index is 7.51. The van der Waals surface area contributed by atoms with Crippen LogP contribution in [0, 0.1) is 0 Å². The van der Waals surface area contributed by atoms with Gasteiger partial charge in [-0.1, -0.05) is 0 Å². The number of hydrogen-bond donors (Lipinski definition) is 0. The van der Waals surface area contributed by atoms with Crippen LogP contribution < -0.4 is 29.6 Å². The van der Waals surface area contributed by atoms with Gasteiger partial charge < -0.3 is 21.9 Å². The monoisotopic (exact) mass is 142 g/mol. The topological polar surface area (TPSA) is 120 Å². The summed E-state index contributed by atoms with van der Waals surface area (Å²) in [6, 6.07) is 0. The minimum absolute atomic E-state index is 0. The van der Waals surface area contributed by atoms with E-state index in [4.69, 9.17) is 0 Å². The van der Waals surface area contributed by atoms with E-state index >= 15 is 0 Å². The zero-order valence-electron chi connectivity index (χ0n) is 3.24. The van der Waals surface area contributed by atoms with Gasteiger partial charge in [0.05, 0.1) is 0 Å². The van der Waals surface area contributed by atoms with E-state index in [2.05, 4.69) is 0 Å². The minimum atomic E-state index is 0. The van der Waals surface area contributed by atoms with Crippen LogP contribution in [0.3, 0.4) is 0 Å². The average Bonchev–Trinajstić information content (AvgIpc) is 0. The molecule has 0 aromatic carbocycles. The van der Waals surface area contributed by atoms with E-state index < -0.39 is 0 Å². The molecule has 0 saturated heterocycles. The van der Waals surface area contributed by atoms with Crippen LogP contribution in [-0.2, 0) is 18.6 Å². The third-order valence-electron chi connectivity index (χ3n) is 0. The SMILES string of the molecule is [Na+].[OH-].[OH-].[OH-].[OH-].[V]. The predicted molar refractivity (Wildman–Crippen MR) is 7.74 cm³/mol. The van der Waals surface area contributed by atoms with Crippen LogP contribution in [0.5, 0.6) is 0 Å². The van der Waals surface area contributed by atoms with Crippen molar-refractivity contribution in [3.8, 4) is 0 Å². The number of rotatable bonds is 0. The molecule has 4 N–H and O–H groups in total. The van der Waals surface area contributed by atoms with Crippen molar-refractivity contribution in [1.82, 2.24) is 0 Å². The van der Waals surface area contributed by atoms with E-state index in [9.17, 15) is 0 Å². The molecule has 0 fully saturated rings. The molecule has 0 amide bonds. The Morgan fingerprint density at radius 2 is 0.500 bits per heavy atom. The van der Waals surface area contributed by atoms with Crippen molar-refractivity contribution >= 4 is 0 Å². The zero-order valence-corrected chi connectivity index (χ0v) is 6.63. The van der Waals surface area contributed by atoms with Gasteiger partial charge in [-0.05, 0) is 0 Å². The fourth-order valence-corrected chi connectivity index (χ4v) is 0. The van der Waals surface area contributed by atoms with Crippen LogP contribution >= 0.6 is 0 Å². The van der Waals surface area contributed by atoms with E-state index in [0.29, 0.717) is 0 Å². The van der Waals surface area contributed by atoms with Crippen molar-refractivity contribution in [2.75, 3.05) is 0 Å². The van der Waals surface area contributed by atoms with Crippen molar-refractivity contribution in [3.05, 3.63) is 0 Å². The summed E-state index contributed by atoms with van der Waals surface area (Å²) in [4.78, 5) is 0. The van der Waals surface area contributed by atoms with E-state index in [-0.39, 0.29) is 70.0 Å². The fraction of sp³-hybridized carbons (Fsp3) is 0. The van der Waals surface area contributed by atoms with Crippen molar-refractivity contribution < 1.29 is 70.0 Å². The maximum absolute atomic E-state index is 0. The van der Waals surface area contributed by atoms with Gasteiger partial charge in [-0.25, -0.2) is 0 Å². The maximum Gasteiger partial charge on any atom is 1.00 e. The normalized spacial score (nSPS) is 0. The minimum Gasteiger partial charge on any atom is -0.870 e. The first kappa shape index (κ1) is 151. The van der Waals surface area contributed by atoms with Crippen LogP contribution in [0.25, 0.3) is 0 Å². The fourth-order valence-electron chi connectivity index (χ4n) is 0. The average molecular weight is 142 g/mol. The second-order valence-corrected chi connectivity index (χ2v) is 0. The molecule has 6 heavy (non-hydrogen) atoms. The van der Waals surface area contributed by atoms with Gasteiger partial charge >= 0.3 is 29.6 Å². The summed E-state index contributed by atoms with van der Waals surface area (Å²) in [7, 11) is 0. The van der Waals surface area contributed by atoms with Gasteiger partial charge in [-0.2, -0.15) is 0 Å². The van der Waals surface area contributed by atoms with E-state index in [1.807, 2.05) is 0 Å². The molecule has 0 aliphatic heterocycles. The first-order chi connectivity index (χ1) is 0. The maximum atomic E-state index is 0. The third kappa shape index (κ3) is 52.3. The molecule has 0 aliphatic rings. The summed E-state index contributed by atoms with van der Waals surface area (Å²) in [6.45, 7) is 0. The molecular weight excluding hydrogens is 138 g/mol. The first-order valence-corrected chi connectivity index (χ1v) is 0. The van der Waals surface area contributed by atoms with Crippen LogP contribution in [0.4, 0.5) is 0 Å². The molecule has 0 aromatic rings. The summed E-state index contributed by atoms with van der Waals surface area (Å²) in [5.41, 5.74) is 0. The van der Waals surface area contributed by atoms with Gasteiger partial charge in [0.25, 0.3) is 0 Å². The Balaban J connectivity index is 0. The largest absolute Gasteiger partial charge is 1.00 e. The van der Waals surface area contributed by atoms with Gasteiger partial charge in [0.1, 0.15) is 0 Å². The Morgan fingerprint density at radius 1 is 0.500 bits per heavy atom. The second kappa shape index (κ2) is 93.2. The standard InChI is InChI=1S/Na.4H2O.V/h;4*1H2;/q+1;;;;;/p-4. The summed E-state index contributed by atoms with van der Waals surface area (Å²) in [5, 5.41) is 0. The van der Waals surface area contributed by atoms with Gasteiger partial charge in [0.2, 0.25) is 0 Å². The Kier molecular flexibility index (Phi) is 2350. The molecule has 0 heterocycles. The Hall–Kier alpha value is 1.42. The van der Waals surface area contributed by atoms with E-state index in [1.54, 1.807) is 0 Å². The van der Waals surface area contributed by atoms with Crippen LogP contribution in [0.1, 0.15) is 0 Å². The van der Waals surface area contributed by atoms with Crippen molar-refractivity contribution in [3.63, 3.8) is 0 Å². The molecule has 0 atom stereocenters. The second-order valence-electron chi connectivity index (χ2n) is 0. The molecule has 0 aromatic heterocycles. The van der Waals surface area contributed by atoms with Crippen molar-refractivity contribution in [2.24, 2.45) is 0 Å². The van der Waals surface area contributed by atoms with E-state index in [0.717, 1.165) is 0 Å². The quantitative estimate of drug-likeness (QED) is 0.323. The Labute approximate surface area is 69.7 Å². The molecule has 4 nitrogen and oxygen atoms in total. The molecule has 0 unspecified atom stereocenters. The molecule has 0 spiro atoms. The van der Waals surface area contributed by atoms with Crippen LogP contribution in [-0.4, -0.2) is 21.9 Å². The third-order valence-corrected chi connectivity index (χ3v) is 0. The summed E-state index contributed by atoms with van der Waals surface area (Å²) < 4.78 is 0. The predicted octanol–water partition coefficient (Wildman–Crippen LogP) is -3.71. The van der Waals surface area contributed by atoms with E-state index in [1.165, 1.54) is 0 Å². The molecule has 0 bridgehead atoms. The number of hydrogen-bond acceptors (Lipinski definition) is 4. The van der Waals surface area contributed by atoms with Gasteiger partial charge in [-0.3, -0.25) is 0 Å². The summed E-state index contributed by atoms with van der Waals surface area (Å²) >= 11 is 0. The zero-order chi connectivity index (χ0) is 0. The molecule has 0 aliphatic carbocycles. The molecule has 6 heteroatoms. The molecule has 0 saturated carbocycles. The summed E-state index contributed by atoms with van der Waals surface area (Å²) in [5.74, 6) is 0. The molecule has 37 valence electrons. The van der Waals surface area contributed by atoms with Crippen LogP contribution in [0.2, 0.25) is 0 Å². The van der Waals surface area contributed by atoms with Gasteiger partial charge in [0, 0.05) is 18.6 Å². The summed E-state index contributed by atoms with van der Waals surface area (Å²) in [6.07, 6.45) is 0. The molecule has 0 rings (SSSR count). The molecular formula is H4NaO4V-3. The Morgan fingerprint density at radius 3 is 0.500 bits per heavy atom. The van der Waals surface area contributed by atoms with Gasteiger partial charge in [-0.15, -0.1) is 0 Å². The van der Waals surface area contributed by atoms with Crippen molar-refractivity contribution in [2.45, 2.75) is 0 Å². The molecule has 1 radical (unpaired) electrons. The smallest absolute Gasteiger partial charge is 0.870 e. The van der Waals surface area contributed by atoms with Gasteiger partial charge in [0.15, 0.2) is 0 Å².